The smallest absolute Gasteiger partial charge is 0.209 e. The molecule has 0 saturated carbocycles. The van der Waals surface area contributed by atoms with Crippen molar-refractivity contribution < 1.29 is 9.53 Å². The Morgan fingerprint density at radius 2 is 1.64 bits per heavy atom. The second-order valence-corrected chi connectivity index (χ2v) is 3.46. The predicted octanol–water partition coefficient (Wildman–Crippen LogP) is 2.06. The van der Waals surface area contributed by atoms with E-state index in [-0.39, 0.29) is 0 Å². The van der Waals surface area contributed by atoms with E-state index in [4.69, 9.17) is 4.74 Å². The van der Waals surface area contributed by atoms with Crippen LogP contribution < -0.4 is 0 Å². The average molecular weight is 201 g/mol. The van der Waals surface area contributed by atoms with E-state index < -0.39 is 0 Å². The number of rotatable bonds is 5. The highest BCUT2D eigenvalue weighted by Gasteiger charge is 1.95. The quantitative estimate of drug-likeness (QED) is 0.637. The minimum Gasteiger partial charge on any atom is -0.381 e. The Bertz CT molecular complexity index is 111. The van der Waals surface area contributed by atoms with Gasteiger partial charge in [-0.3, -0.25) is 4.79 Å². The van der Waals surface area contributed by atoms with Gasteiger partial charge in [-0.25, -0.2) is 0 Å². The van der Waals surface area contributed by atoms with E-state index in [0.717, 1.165) is 45.6 Å². The van der Waals surface area contributed by atoms with Crippen LogP contribution in [0.1, 0.15) is 39.5 Å². The molecule has 1 heterocycles. The van der Waals surface area contributed by atoms with E-state index in [9.17, 15) is 4.79 Å². The number of hydrogen-bond donors (Lipinski definition) is 0. The summed E-state index contributed by atoms with van der Waals surface area (Å²) in [5, 5.41) is 0. The largest absolute Gasteiger partial charge is 0.381 e. The molecule has 0 N–H and O–H groups in total. The van der Waals surface area contributed by atoms with Gasteiger partial charge >= 0.3 is 0 Å². The van der Waals surface area contributed by atoms with Gasteiger partial charge in [0.2, 0.25) is 6.41 Å². The summed E-state index contributed by atoms with van der Waals surface area (Å²) < 4.78 is 4.94. The lowest BCUT2D eigenvalue weighted by molar-refractivity contribution is -0.118. The van der Waals surface area contributed by atoms with Crippen molar-refractivity contribution in [2.75, 3.05) is 26.3 Å². The SMILES string of the molecule is C1CCOC1.CCCN(C=O)CCC. The highest BCUT2D eigenvalue weighted by molar-refractivity contribution is 5.46. The lowest BCUT2D eigenvalue weighted by atomic mass is 10.4. The monoisotopic (exact) mass is 201 g/mol. The third-order valence-electron chi connectivity index (χ3n) is 2.00. The molecule has 3 nitrogen and oxygen atoms in total. The first-order chi connectivity index (χ1) is 6.85. The lowest BCUT2D eigenvalue weighted by Gasteiger charge is -2.13. The third-order valence-corrected chi connectivity index (χ3v) is 2.00. The highest BCUT2D eigenvalue weighted by atomic mass is 16.5. The normalized spacial score (nSPS) is 14.4. The summed E-state index contributed by atoms with van der Waals surface area (Å²) >= 11 is 0. The van der Waals surface area contributed by atoms with Crippen LogP contribution >= 0.6 is 0 Å². The molecule has 0 radical (unpaired) electrons. The minimum atomic E-state index is 0.900. The van der Waals surface area contributed by atoms with E-state index >= 15 is 0 Å². The first-order valence-electron chi connectivity index (χ1n) is 5.62. The maximum absolute atomic E-state index is 10.2. The van der Waals surface area contributed by atoms with Crippen LogP contribution in [0.2, 0.25) is 0 Å². The van der Waals surface area contributed by atoms with Crippen LogP contribution in [0.4, 0.5) is 0 Å². The van der Waals surface area contributed by atoms with Crippen LogP contribution in [-0.2, 0) is 9.53 Å². The number of carbonyl (C=O) groups is 1. The van der Waals surface area contributed by atoms with E-state index in [1.807, 2.05) is 0 Å². The first kappa shape index (κ1) is 13.4. The van der Waals surface area contributed by atoms with Gasteiger partial charge in [0.05, 0.1) is 0 Å². The van der Waals surface area contributed by atoms with Crippen molar-refractivity contribution in [1.82, 2.24) is 4.90 Å². The van der Waals surface area contributed by atoms with Crippen molar-refractivity contribution in [3.8, 4) is 0 Å². The summed E-state index contributed by atoms with van der Waals surface area (Å²) in [4.78, 5) is 12.0. The molecule has 14 heavy (non-hydrogen) atoms. The third kappa shape index (κ3) is 8.05. The standard InChI is InChI=1S/C7H15NO.C4H8O/c1-3-5-8(7-9)6-4-2;1-2-4-5-3-1/h7H,3-6H2,1-2H3;1-4H2. The van der Waals surface area contributed by atoms with E-state index in [2.05, 4.69) is 13.8 Å². The zero-order chi connectivity index (χ0) is 10.6. The molecule has 0 aromatic carbocycles. The molecule has 1 aliphatic rings. The summed E-state index contributed by atoms with van der Waals surface area (Å²) in [6.07, 6.45) is 5.59. The van der Waals surface area contributed by atoms with Gasteiger partial charge in [-0.1, -0.05) is 13.8 Å². The fraction of sp³-hybridized carbons (Fsp3) is 0.909. The molecule has 0 atom stereocenters. The van der Waals surface area contributed by atoms with Gasteiger partial charge in [-0.15, -0.1) is 0 Å². The highest BCUT2D eigenvalue weighted by Crippen LogP contribution is 1.98. The molecule has 0 aromatic rings. The van der Waals surface area contributed by atoms with Gasteiger partial charge in [0.1, 0.15) is 0 Å². The second-order valence-electron chi connectivity index (χ2n) is 3.46. The van der Waals surface area contributed by atoms with Gasteiger partial charge in [0, 0.05) is 26.3 Å². The van der Waals surface area contributed by atoms with E-state index in [1.165, 1.54) is 12.8 Å². The van der Waals surface area contributed by atoms with E-state index in [1.54, 1.807) is 4.90 Å². The molecule has 1 aliphatic heterocycles. The summed E-state index contributed by atoms with van der Waals surface area (Å²) in [7, 11) is 0. The van der Waals surface area contributed by atoms with Crippen LogP contribution in [0.25, 0.3) is 0 Å². The van der Waals surface area contributed by atoms with Gasteiger partial charge in [0.15, 0.2) is 0 Å². The Labute approximate surface area is 87.4 Å². The molecule has 0 aromatic heterocycles. The van der Waals surface area contributed by atoms with Gasteiger partial charge in [-0.2, -0.15) is 0 Å². The zero-order valence-electron chi connectivity index (χ0n) is 9.50. The Balaban J connectivity index is 0.000000280. The van der Waals surface area contributed by atoms with Gasteiger partial charge in [-0.05, 0) is 25.7 Å². The maximum atomic E-state index is 10.2. The van der Waals surface area contributed by atoms with Crippen molar-refractivity contribution in [3.05, 3.63) is 0 Å². The number of ether oxygens (including phenoxy) is 1. The van der Waals surface area contributed by atoms with Crippen molar-refractivity contribution in [2.45, 2.75) is 39.5 Å². The van der Waals surface area contributed by atoms with Crippen molar-refractivity contribution in [3.63, 3.8) is 0 Å². The van der Waals surface area contributed by atoms with Crippen LogP contribution in [0.5, 0.6) is 0 Å². The minimum absolute atomic E-state index is 0.900. The number of nitrogens with zero attached hydrogens (tertiary/aromatic N) is 1. The maximum Gasteiger partial charge on any atom is 0.209 e. The van der Waals surface area contributed by atoms with Crippen LogP contribution in [0, 0.1) is 0 Å². The molecule has 3 heteroatoms. The summed E-state index contributed by atoms with van der Waals surface area (Å²) in [5.74, 6) is 0. The number of carbonyl (C=O) groups excluding carboxylic acids is 1. The first-order valence-corrected chi connectivity index (χ1v) is 5.62. The molecule has 0 unspecified atom stereocenters. The fourth-order valence-corrected chi connectivity index (χ4v) is 1.30. The van der Waals surface area contributed by atoms with Gasteiger partial charge < -0.3 is 9.64 Å². The van der Waals surface area contributed by atoms with Crippen molar-refractivity contribution in [2.24, 2.45) is 0 Å². The summed E-state index contributed by atoms with van der Waals surface area (Å²) in [5.41, 5.74) is 0. The molecule has 1 amide bonds. The molecule has 0 aliphatic carbocycles. The van der Waals surface area contributed by atoms with E-state index in [0.29, 0.717) is 0 Å². The molecule has 1 rings (SSSR count). The molecule has 0 spiro atoms. The topological polar surface area (TPSA) is 29.5 Å². The molecular formula is C11H23NO2. The Kier molecular flexibility index (Phi) is 10.1. The number of hydrogen-bond acceptors (Lipinski definition) is 2. The Hall–Kier alpha value is -0.570. The summed E-state index contributed by atoms with van der Waals surface area (Å²) in [6.45, 7) is 7.95. The molecule has 0 bridgehead atoms. The van der Waals surface area contributed by atoms with Crippen LogP contribution in [-0.4, -0.2) is 37.6 Å². The van der Waals surface area contributed by atoms with Crippen LogP contribution in [0.3, 0.4) is 0 Å². The van der Waals surface area contributed by atoms with Crippen LogP contribution in [0.15, 0.2) is 0 Å². The average Bonchev–Trinajstić information content (AvgIpc) is 2.75. The molecule has 1 saturated heterocycles. The Morgan fingerprint density at radius 3 is 1.86 bits per heavy atom. The molecule has 1 fully saturated rings. The van der Waals surface area contributed by atoms with Gasteiger partial charge in [0.25, 0.3) is 0 Å². The lowest BCUT2D eigenvalue weighted by Crippen LogP contribution is -2.23. The zero-order valence-corrected chi connectivity index (χ0v) is 9.50. The molecule has 84 valence electrons. The summed E-state index contributed by atoms with van der Waals surface area (Å²) in [6, 6.07) is 0. The predicted molar refractivity (Wildman–Crippen MR) is 58.3 cm³/mol. The second kappa shape index (κ2) is 10.5. The van der Waals surface area contributed by atoms with Crippen molar-refractivity contribution >= 4 is 6.41 Å². The van der Waals surface area contributed by atoms with Crippen molar-refractivity contribution in [1.29, 1.82) is 0 Å². The fourth-order valence-electron chi connectivity index (χ4n) is 1.30. The Morgan fingerprint density at radius 1 is 1.14 bits per heavy atom. The number of amides is 1. The molecular weight excluding hydrogens is 178 g/mol.